The summed E-state index contributed by atoms with van der Waals surface area (Å²) < 4.78 is 22.5. The van der Waals surface area contributed by atoms with Crippen LogP contribution < -0.4 is 10.9 Å². The van der Waals surface area contributed by atoms with Crippen molar-refractivity contribution in [3.05, 3.63) is 42.0 Å². The molecule has 0 aliphatic carbocycles. The molecule has 2 heterocycles. The summed E-state index contributed by atoms with van der Waals surface area (Å²) in [4.78, 5) is 0. The summed E-state index contributed by atoms with van der Waals surface area (Å²) in [7, 11) is -0.467. The molecule has 0 spiro atoms. The van der Waals surface area contributed by atoms with E-state index in [0.29, 0.717) is 26.4 Å². The van der Waals surface area contributed by atoms with Gasteiger partial charge in [0.1, 0.15) is 0 Å². The van der Waals surface area contributed by atoms with E-state index in [1.165, 1.54) is 27.1 Å². The topological polar surface area (TPSA) is 36.9 Å². The predicted octanol–water partition coefficient (Wildman–Crippen LogP) is 1.50. The van der Waals surface area contributed by atoms with Gasteiger partial charge < -0.3 is 18.6 Å². The summed E-state index contributed by atoms with van der Waals surface area (Å²) in [5.41, 5.74) is 3.45. The Balaban J connectivity index is -0.000000490. The number of hydrogen-bond acceptors (Lipinski definition) is 4. The zero-order valence-corrected chi connectivity index (χ0v) is 70.4. The van der Waals surface area contributed by atoms with Crippen LogP contribution in [-0.2, 0) is 18.6 Å². The van der Waals surface area contributed by atoms with E-state index in [1.807, 2.05) is 0 Å². The molecule has 2 aliphatic rings. The van der Waals surface area contributed by atoms with Crippen LogP contribution in [0.2, 0.25) is 0 Å². The summed E-state index contributed by atoms with van der Waals surface area (Å²) in [5, 5.41) is 5.05. The minimum Gasteiger partial charge on any atom is -0.405 e. The Morgan fingerprint density at radius 3 is 1.19 bits per heavy atom. The maximum absolute atomic E-state index is 5.63. The SMILES string of the molecule is C[c-]1c2cc(B3OCCO3)ccc2c2ccc(B3OCCO3)cc21.[Rf].[Rf].[Rf].[Rf].[Rf].[Rf].[Rf].[Rf]. The van der Waals surface area contributed by atoms with Crippen LogP contribution in [0.3, 0.4) is 0 Å². The predicted molar refractivity (Wildman–Crippen MR) is 96.4 cm³/mol. The van der Waals surface area contributed by atoms with E-state index >= 15 is 0 Å². The Hall–Kier alpha value is -9.72. The summed E-state index contributed by atoms with van der Waals surface area (Å²) in [6, 6.07) is 13.0. The number of hydrogen-bond donors (Lipinski definition) is 0. The van der Waals surface area contributed by atoms with Crippen molar-refractivity contribution in [2.45, 2.75) is 6.92 Å². The van der Waals surface area contributed by atoms with Gasteiger partial charge in [0.15, 0.2) is 0 Å². The minimum atomic E-state index is -0.234. The van der Waals surface area contributed by atoms with Crippen molar-refractivity contribution in [2.24, 2.45) is 0 Å². The van der Waals surface area contributed by atoms with Gasteiger partial charge in [0.25, 0.3) is 0 Å². The molecule has 0 bridgehead atoms. The normalized spacial score (nSPS) is 13.8. The van der Waals surface area contributed by atoms with E-state index in [9.17, 15) is 0 Å². The first kappa shape index (κ1) is 30.2. The van der Waals surface area contributed by atoms with E-state index in [-0.39, 0.29) is 14.2 Å². The zero-order chi connectivity index (χ0) is 16.1. The van der Waals surface area contributed by atoms with Gasteiger partial charge in [0.2, 0.25) is 0 Å². The second-order valence-corrected chi connectivity index (χ2v) is 6.38. The molecule has 4 nitrogen and oxygen atoms in total. The zero-order valence-electron chi connectivity index (χ0n) is 19.2. The molecule has 14 heteroatoms. The van der Waals surface area contributed by atoms with E-state index in [2.05, 4.69) is 43.3 Å². The summed E-state index contributed by atoms with van der Waals surface area (Å²) in [6.07, 6.45) is 0. The molecular formula is C18H17B2O4Rf8-. The molecule has 2 saturated heterocycles. The van der Waals surface area contributed by atoms with Crippen LogP contribution in [-0.4, -0.2) is 40.7 Å². The molecule has 0 unspecified atom stereocenters. The third kappa shape index (κ3) is 2.98. The third-order valence-electron chi connectivity index (χ3n) is 4.97. The molecular weight excluding hydrogens is 2440 g/mol. The first-order valence-corrected chi connectivity index (χ1v) is 8.40. The van der Waals surface area contributed by atoms with Crippen molar-refractivity contribution >= 4 is 46.7 Å². The Bertz CT molecular complexity index is 861. The van der Waals surface area contributed by atoms with Crippen LogP contribution in [0.4, 0.5) is 0 Å². The average Bonchev–Trinajstić information content (AvgIpc) is 3.36. The molecule has 2 aliphatic heterocycles. The monoisotopic (exact) mass is 2460 g/mol. The quantitative estimate of drug-likeness (QED) is 0.289. The number of rotatable bonds is 2. The maximum Gasteiger partial charge on any atom is 0.486 e. The van der Waals surface area contributed by atoms with Crippen LogP contribution in [0.5, 0.6) is 0 Å². The van der Waals surface area contributed by atoms with Crippen molar-refractivity contribution in [1.82, 2.24) is 0 Å². The Kier molecular flexibility index (Phi) is 8.44. The van der Waals surface area contributed by atoms with Crippen molar-refractivity contribution in [3.8, 4) is 0 Å². The maximum atomic E-state index is 5.63. The molecule has 3 aromatic carbocycles. The van der Waals surface area contributed by atoms with Crippen LogP contribution in [0.25, 0.3) is 21.5 Å². The fourth-order valence-electron chi connectivity index (χ4n) is 3.75. The van der Waals surface area contributed by atoms with Gasteiger partial charge in [-0.25, -0.2) is 0 Å². The first-order chi connectivity index (χ1) is 11.8. The van der Waals surface area contributed by atoms with Gasteiger partial charge in [0, 0.05) is 0 Å². The van der Waals surface area contributed by atoms with E-state index in [4.69, 9.17) is 18.6 Å². The summed E-state index contributed by atoms with van der Waals surface area (Å²) in [5.74, 6) is 0. The van der Waals surface area contributed by atoms with Gasteiger partial charge in [-0.3, -0.25) is 0 Å². The molecule has 0 amide bonds. The van der Waals surface area contributed by atoms with Gasteiger partial charge in [-0.05, 0) is 0 Å². The standard InChI is InChI=1S/C18H17B2O4.8Rf/c1-12-17-10-13(19-21-6-7-22-19)2-4-15(17)16-5-3-14(11-18(12)16)20-23-8-9-24-20;;;;;;;;/h2-5,10-11H,6-9H2,1H3;;;;;;;;/q-1;;;;;;;;. The second-order valence-electron chi connectivity index (χ2n) is 6.38. The van der Waals surface area contributed by atoms with Gasteiger partial charge >= 0.3 is 14.2 Å². The number of fused-ring (bicyclic) bond motifs is 3. The Morgan fingerprint density at radius 1 is 0.562 bits per heavy atom. The summed E-state index contributed by atoms with van der Waals surface area (Å²) in [6.45, 7) is 4.82. The number of aryl methyl sites for hydroxylation is 1. The van der Waals surface area contributed by atoms with Gasteiger partial charge in [-0.15, -0.1) is 39.2 Å². The van der Waals surface area contributed by atoms with Crippen molar-refractivity contribution < 1.29 is 18.6 Å². The Morgan fingerprint density at radius 2 is 0.875 bits per heavy atom. The van der Waals surface area contributed by atoms with Crippen molar-refractivity contribution in [1.29, 1.82) is 0 Å². The third-order valence-corrected chi connectivity index (χ3v) is 4.97. The van der Waals surface area contributed by atoms with Gasteiger partial charge in [-0.1, -0.05) is 42.1 Å². The summed E-state index contributed by atoms with van der Waals surface area (Å²) >= 11 is 0. The van der Waals surface area contributed by atoms with Crippen molar-refractivity contribution in [3.63, 3.8) is 0 Å². The van der Waals surface area contributed by atoms with Gasteiger partial charge in [-0.2, -0.15) is 0 Å². The van der Waals surface area contributed by atoms with E-state index in [0.717, 1.165) is 10.9 Å². The molecule has 5 rings (SSSR count). The molecule has 0 N–H and O–H groups in total. The Labute approximate surface area is 141 Å². The van der Waals surface area contributed by atoms with Crippen molar-refractivity contribution in [2.75, 3.05) is 26.4 Å². The molecule has 2 fully saturated rings. The largest absolute Gasteiger partial charge is 0.486 e. The fourth-order valence-corrected chi connectivity index (χ4v) is 3.75. The van der Waals surface area contributed by atoms with Crippen LogP contribution >= 0.6 is 0 Å². The molecule has 3 aromatic rings. The van der Waals surface area contributed by atoms with Crippen LogP contribution in [0.15, 0.2) is 36.4 Å². The van der Waals surface area contributed by atoms with Crippen LogP contribution in [0, 0.1) is 6.92 Å². The number of benzene rings is 2. The average molecular weight is 2450 g/mol. The van der Waals surface area contributed by atoms with E-state index in [1.54, 1.807) is 0 Å². The fraction of sp³-hybridized carbons (Fsp3) is 0.278. The molecule has 0 aromatic heterocycles. The molecule has 136 valence electrons. The smallest absolute Gasteiger partial charge is 0.405 e. The molecule has 32 heavy (non-hydrogen) atoms. The molecule has 0 radical (unpaired) electrons. The van der Waals surface area contributed by atoms with Gasteiger partial charge in [0.05, 0.1) is 26.4 Å². The van der Waals surface area contributed by atoms with Crippen LogP contribution in [0.1, 0.15) is 5.56 Å². The second kappa shape index (κ2) is 8.94. The van der Waals surface area contributed by atoms with E-state index < -0.39 is 0 Å². The molecule has 0 saturated carbocycles. The minimum absolute atomic E-state index is 0. The first-order valence-electron chi connectivity index (χ1n) is 8.40. The molecule has 0 atom stereocenters.